The van der Waals surface area contributed by atoms with Crippen molar-refractivity contribution in [2.75, 3.05) is 18.4 Å². The van der Waals surface area contributed by atoms with Crippen molar-refractivity contribution in [1.82, 2.24) is 10.2 Å². The van der Waals surface area contributed by atoms with Crippen LogP contribution < -0.4 is 10.6 Å². The Kier molecular flexibility index (Phi) is 4.11. The van der Waals surface area contributed by atoms with Crippen molar-refractivity contribution in [3.8, 4) is 0 Å². The van der Waals surface area contributed by atoms with Crippen LogP contribution in [0.5, 0.6) is 0 Å². The van der Waals surface area contributed by atoms with Gasteiger partial charge < -0.3 is 20.6 Å². The molecule has 1 aliphatic heterocycles. The lowest BCUT2D eigenvalue weighted by Gasteiger charge is -2.32. The van der Waals surface area contributed by atoms with Crippen LogP contribution in [0, 0.1) is 6.92 Å². The molecule has 3 amide bonds. The Hall–Kier alpha value is -2.57. The average Bonchev–Trinajstić information content (AvgIpc) is 2.43. The molecule has 0 aromatic heterocycles. The van der Waals surface area contributed by atoms with Gasteiger partial charge in [-0.15, -0.1) is 0 Å². The lowest BCUT2D eigenvalue weighted by Crippen LogP contribution is -2.56. The van der Waals surface area contributed by atoms with E-state index in [1.807, 2.05) is 0 Å². The molecule has 1 fully saturated rings. The van der Waals surface area contributed by atoms with E-state index in [-0.39, 0.29) is 17.5 Å². The topological polar surface area (TPSA) is 98.7 Å². The number of hydrogen-bond acceptors (Lipinski definition) is 3. The zero-order valence-electron chi connectivity index (χ0n) is 11.8. The molecule has 7 heteroatoms. The number of anilines is 1. The van der Waals surface area contributed by atoms with Gasteiger partial charge in [0.2, 0.25) is 5.91 Å². The number of amides is 3. The van der Waals surface area contributed by atoms with Crippen LogP contribution in [0.25, 0.3) is 0 Å². The Morgan fingerprint density at radius 1 is 1.43 bits per heavy atom. The van der Waals surface area contributed by atoms with Gasteiger partial charge in [-0.05, 0) is 37.6 Å². The summed E-state index contributed by atoms with van der Waals surface area (Å²) in [6, 6.07) is 3.56. The number of carboxylic acids is 1. The molecule has 112 valence electrons. The first-order valence-corrected chi connectivity index (χ1v) is 6.59. The second kappa shape index (κ2) is 5.82. The summed E-state index contributed by atoms with van der Waals surface area (Å²) in [4.78, 5) is 36.1. The Balaban J connectivity index is 2.12. The minimum absolute atomic E-state index is 0.163. The molecule has 7 nitrogen and oxygen atoms in total. The second-order valence-electron chi connectivity index (χ2n) is 4.93. The summed E-state index contributed by atoms with van der Waals surface area (Å²) in [5.41, 5.74) is 1.34. The maximum Gasteiger partial charge on any atom is 0.335 e. The monoisotopic (exact) mass is 291 g/mol. The van der Waals surface area contributed by atoms with E-state index in [2.05, 4.69) is 10.6 Å². The summed E-state index contributed by atoms with van der Waals surface area (Å²) >= 11 is 0. The van der Waals surface area contributed by atoms with Crippen molar-refractivity contribution >= 4 is 23.6 Å². The first-order chi connectivity index (χ1) is 9.90. The molecule has 0 aliphatic carbocycles. The lowest BCUT2D eigenvalue weighted by molar-refractivity contribution is -0.126. The third-order valence-corrected chi connectivity index (χ3v) is 3.47. The molecule has 1 saturated heterocycles. The number of piperazine rings is 1. The van der Waals surface area contributed by atoms with Gasteiger partial charge in [0.05, 0.1) is 5.56 Å². The van der Waals surface area contributed by atoms with Gasteiger partial charge >= 0.3 is 12.0 Å². The first-order valence-electron chi connectivity index (χ1n) is 6.59. The van der Waals surface area contributed by atoms with Crippen molar-refractivity contribution < 1.29 is 19.5 Å². The SMILES string of the molecule is Cc1cc(C(=O)O)ccc1NC(=O)N1CCNC(=O)C1C. The third kappa shape index (κ3) is 3.13. The number of nitrogens with zero attached hydrogens (tertiary/aromatic N) is 1. The van der Waals surface area contributed by atoms with Crippen LogP contribution >= 0.6 is 0 Å². The largest absolute Gasteiger partial charge is 0.478 e. The minimum Gasteiger partial charge on any atom is -0.478 e. The molecular weight excluding hydrogens is 274 g/mol. The summed E-state index contributed by atoms with van der Waals surface area (Å²) in [7, 11) is 0. The summed E-state index contributed by atoms with van der Waals surface area (Å²) < 4.78 is 0. The maximum absolute atomic E-state index is 12.2. The number of hydrogen-bond donors (Lipinski definition) is 3. The molecule has 0 radical (unpaired) electrons. The molecule has 1 aliphatic rings. The van der Waals surface area contributed by atoms with E-state index >= 15 is 0 Å². The van der Waals surface area contributed by atoms with Gasteiger partial charge in [0.15, 0.2) is 0 Å². The number of carbonyl (C=O) groups excluding carboxylic acids is 2. The van der Waals surface area contributed by atoms with Crippen LogP contribution in [0.3, 0.4) is 0 Å². The van der Waals surface area contributed by atoms with Crippen molar-refractivity contribution in [1.29, 1.82) is 0 Å². The predicted molar refractivity (Wildman–Crippen MR) is 76.3 cm³/mol. The van der Waals surface area contributed by atoms with Gasteiger partial charge in [-0.3, -0.25) is 4.79 Å². The number of carbonyl (C=O) groups is 3. The van der Waals surface area contributed by atoms with Gasteiger partial charge in [-0.2, -0.15) is 0 Å². The molecule has 1 atom stereocenters. The summed E-state index contributed by atoms with van der Waals surface area (Å²) in [5.74, 6) is -1.20. The summed E-state index contributed by atoms with van der Waals surface area (Å²) in [5, 5.41) is 14.3. The van der Waals surface area contributed by atoms with Crippen LogP contribution in [0.4, 0.5) is 10.5 Å². The molecule has 1 aromatic carbocycles. The van der Waals surface area contributed by atoms with Crippen molar-refractivity contribution in [3.05, 3.63) is 29.3 Å². The summed E-state index contributed by atoms with van der Waals surface area (Å²) in [6.07, 6.45) is 0. The number of aromatic carboxylic acids is 1. The Morgan fingerprint density at radius 3 is 2.76 bits per heavy atom. The normalized spacial score (nSPS) is 18.1. The smallest absolute Gasteiger partial charge is 0.335 e. The molecular formula is C14H17N3O4. The van der Waals surface area contributed by atoms with Gasteiger partial charge in [-0.25, -0.2) is 9.59 Å². The number of rotatable bonds is 2. The second-order valence-corrected chi connectivity index (χ2v) is 4.93. The molecule has 0 saturated carbocycles. The fourth-order valence-electron chi connectivity index (χ4n) is 2.18. The van der Waals surface area contributed by atoms with E-state index in [1.54, 1.807) is 19.9 Å². The number of benzene rings is 1. The van der Waals surface area contributed by atoms with Gasteiger partial charge in [0.1, 0.15) is 6.04 Å². The van der Waals surface area contributed by atoms with E-state index in [0.717, 1.165) is 0 Å². The highest BCUT2D eigenvalue weighted by Crippen LogP contribution is 2.18. The Bertz CT molecular complexity index is 600. The third-order valence-electron chi connectivity index (χ3n) is 3.47. The van der Waals surface area contributed by atoms with Gasteiger partial charge in [0, 0.05) is 18.8 Å². The van der Waals surface area contributed by atoms with Crippen LogP contribution in [-0.2, 0) is 4.79 Å². The number of carboxylic acid groups (broad SMARTS) is 1. The average molecular weight is 291 g/mol. The quantitative estimate of drug-likeness (QED) is 0.758. The van der Waals surface area contributed by atoms with Crippen molar-refractivity contribution in [3.63, 3.8) is 0 Å². The highest BCUT2D eigenvalue weighted by atomic mass is 16.4. The summed E-state index contributed by atoms with van der Waals surface area (Å²) in [6.45, 7) is 4.24. The molecule has 0 spiro atoms. The van der Waals surface area contributed by atoms with E-state index < -0.39 is 12.0 Å². The minimum atomic E-state index is -1.02. The molecule has 21 heavy (non-hydrogen) atoms. The molecule has 2 rings (SSSR count). The lowest BCUT2D eigenvalue weighted by atomic mass is 10.1. The van der Waals surface area contributed by atoms with Gasteiger partial charge in [-0.1, -0.05) is 0 Å². The highest BCUT2D eigenvalue weighted by molar-refractivity contribution is 5.95. The van der Waals surface area contributed by atoms with Crippen molar-refractivity contribution in [2.45, 2.75) is 19.9 Å². The number of nitrogens with one attached hydrogen (secondary N) is 2. The number of urea groups is 1. The maximum atomic E-state index is 12.2. The van der Waals surface area contributed by atoms with Crippen LogP contribution in [0.2, 0.25) is 0 Å². The zero-order chi connectivity index (χ0) is 15.6. The van der Waals surface area contributed by atoms with Crippen LogP contribution in [0.1, 0.15) is 22.8 Å². The van der Waals surface area contributed by atoms with E-state index in [0.29, 0.717) is 24.3 Å². The van der Waals surface area contributed by atoms with Crippen LogP contribution in [0.15, 0.2) is 18.2 Å². The van der Waals surface area contributed by atoms with Crippen LogP contribution in [-0.4, -0.2) is 47.0 Å². The molecule has 1 unspecified atom stereocenters. The fourth-order valence-corrected chi connectivity index (χ4v) is 2.18. The first kappa shape index (κ1) is 14.8. The molecule has 3 N–H and O–H groups in total. The Labute approximate surface area is 121 Å². The molecule has 1 aromatic rings. The van der Waals surface area contributed by atoms with Crippen molar-refractivity contribution in [2.24, 2.45) is 0 Å². The molecule has 1 heterocycles. The highest BCUT2D eigenvalue weighted by Gasteiger charge is 2.29. The van der Waals surface area contributed by atoms with Gasteiger partial charge in [0.25, 0.3) is 0 Å². The Morgan fingerprint density at radius 2 is 2.14 bits per heavy atom. The van der Waals surface area contributed by atoms with E-state index in [9.17, 15) is 14.4 Å². The van der Waals surface area contributed by atoms with E-state index in [1.165, 1.54) is 17.0 Å². The standard InChI is InChI=1S/C14H17N3O4/c1-8-7-10(13(19)20)3-4-11(8)16-14(21)17-6-5-15-12(18)9(17)2/h3-4,7,9H,5-6H2,1-2H3,(H,15,18)(H,16,21)(H,19,20). The fraction of sp³-hybridized carbons (Fsp3) is 0.357. The zero-order valence-corrected chi connectivity index (χ0v) is 11.8. The van der Waals surface area contributed by atoms with E-state index in [4.69, 9.17) is 5.11 Å². The molecule has 0 bridgehead atoms. The number of aryl methyl sites for hydroxylation is 1. The predicted octanol–water partition coefficient (Wildman–Crippen LogP) is 1.05.